The summed E-state index contributed by atoms with van der Waals surface area (Å²) in [6, 6.07) is 3.66. The average Bonchev–Trinajstić information content (AvgIpc) is 2.68. The van der Waals surface area contributed by atoms with Crippen molar-refractivity contribution in [2.45, 2.75) is 18.9 Å². The van der Waals surface area contributed by atoms with Crippen molar-refractivity contribution < 1.29 is 4.74 Å². The third-order valence-electron chi connectivity index (χ3n) is 1.61. The Morgan fingerprint density at radius 3 is 2.83 bits per heavy atom. The van der Waals surface area contributed by atoms with Gasteiger partial charge in [0.15, 0.2) is 0 Å². The Kier molecular flexibility index (Phi) is 2.08. The van der Waals surface area contributed by atoms with E-state index in [-0.39, 0.29) is 0 Å². The van der Waals surface area contributed by atoms with Crippen molar-refractivity contribution in [2.24, 2.45) is 0 Å². The van der Waals surface area contributed by atoms with Crippen LogP contribution in [-0.2, 0) is 0 Å². The first-order valence-electron chi connectivity index (χ1n) is 3.84. The Morgan fingerprint density at radius 2 is 2.25 bits per heavy atom. The number of hydrogen-bond acceptors (Lipinski definition) is 3. The van der Waals surface area contributed by atoms with Gasteiger partial charge >= 0.3 is 0 Å². The maximum Gasteiger partial charge on any atom is 0.128 e. The molecule has 0 saturated heterocycles. The molecule has 3 nitrogen and oxygen atoms in total. The number of ether oxygens (including phenoxy) is 1. The molecule has 0 aromatic carbocycles. The number of halogens is 1. The van der Waals surface area contributed by atoms with Gasteiger partial charge in [0.25, 0.3) is 0 Å². The molecule has 0 spiro atoms. The van der Waals surface area contributed by atoms with Gasteiger partial charge in [-0.1, -0.05) is 0 Å². The minimum atomic E-state index is 0.419. The van der Waals surface area contributed by atoms with Gasteiger partial charge in [-0.3, -0.25) is 0 Å². The van der Waals surface area contributed by atoms with E-state index in [2.05, 4.69) is 27.6 Å². The third kappa shape index (κ3) is 2.00. The van der Waals surface area contributed by atoms with E-state index in [0.717, 1.165) is 9.45 Å². The van der Waals surface area contributed by atoms with E-state index in [1.54, 1.807) is 6.07 Å². The SMILES string of the molecule is Nc1cc(OC2CC2)cc(I)n1. The van der Waals surface area contributed by atoms with Crippen molar-refractivity contribution in [3.63, 3.8) is 0 Å². The topological polar surface area (TPSA) is 48.1 Å². The Hall–Kier alpha value is -0.520. The largest absolute Gasteiger partial charge is 0.490 e. The zero-order chi connectivity index (χ0) is 8.55. The number of nitrogen functional groups attached to an aromatic ring is 1. The molecular weight excluding hydrogens is 267 g/mol. The van der Waals surface area contributed by atoms with E-state index in [1.807, 2.05) is 6.07 Å². The highest BCUT2D eigenvalue weighted by atomic mass is 127. The number of rotatable bonds is 2. The summed E-state index contributed by atoms with van der Waals surface area (Å²) >= 11 is 2.13. The molecule has 1 fully saturated rings. The van der Waals surface area contributed by atoms with E-state index in [0.29, 0.717) is 11.9 Å². The van der Waals surface area contributed by atoms with Crippen LogP contribution in [0.2, 0.25) is 0 Å². The summed E-state index contributed by atoms with van der Waals surface area (Å²) in [4.78, 5) is 4.05. The van der Waals surface area contributed by atoms with Gasteiger partial charge in [-0.2, -0.15) is 0 Å². The van der Waals surface area contributed by atoms with Gasteiger partial charge in [-0.25, -0.2) is 4.98 Å². The van der Waals surface area contributed by atoms with Crippen LogP contribution in [0.1, 0.15) is 12.8 Å². The molecule has 1 heterocycles. The van der Waals surface area contributed by atoms with Crippen molar-refractivity contribution in [1.29, 1.82) is 0 Å². The first kappa shape index (κ1) is 8.10. The fourth-order valence-electron chi connectivity index (χ4n) is 0.939. The first-order valence-corrected chi connectivity index (χ1v) is 4.91. The number of nitrogens with zero attached hydrogens (tertiary/aromatic N) is 1. The molecule has 2 N–H and O–H groups in total. The summed E-state index contributed by atoms with van der Waals surface area (Å²) in [6.07, 6.45) is 2.75. The Balaban J connectivity index is 2.18. The minimum absolute atomic E-state index is 0.419. The summed E-state index contributed by atoms with van der Waals surface area (Å²) in [7, 11) is 0. The predicted molar refractivity (Wildman–Crippen MR) is 55.0 cm³/mol. The van der Waals surface area contributed by atoms with Crippen LogP contribution in [0.5, 0.6) is 5.75 Å². The Bertz CT molecular complexity index is 279. The average molecular weight is 276 g/mol. The first-order chi connectivity index (χ1) is 5.74. The third-order valence-corrected chi connectivity index (χ3v) is 2.17. The zero-order valence-corrected chi connectivity index (χ0v) is 8.61. The second kappa shape index (κ2) is 3.08. The van der Waals surface area contributed by atoms with E-state index in [1.165, 1.54) is 12.8 Å². The van der Waals surface area contributed by atoms with Crippen molar-refractivity contribution in [3.05, 3.63) is 15.8 Å². The van der Waals surface area contributed by atoms with Crippen LogP contribution in [0.3, 0.4) is 0 Å². The number of hydrogen-bond donors (Lipinski definition) is 1. The highest BCUT2D eigenvalue weighted by molar-refractivity contribution is 14.1. The summed E-state index contributed by atoms with van der Waals surface area (Å²) < 4.78 is 6.44. The van der Waals surface area contributed by atoms with Crippen LogP contribution in [0.25, 0.3) is 0 Å². The minimum Gasteiger partial charge on any atom is -0.490 e. The lowest BCUT2D eigenvalue weighted by molar-refractivity contribution is 0.303. The standard InChI is InChI=1S/C8H9IN2O/c9-7-3-6(4-8(10)11-7)12-5-1-2-5/h3-5H,1-2H2,(H2,10,11). The summed E-state index contributed by atoms with van der Waals surface area (Å²) in [5.41, 5.74) is 5.56. The van der Waals surface area contributed by atoms with E-state index < -0.39 is 0 Å². The molecule has 1 aliphatic rings. The molecule has 12 heavy (non-hydrogen) atoms. The van der Waals surface area contributed by atoms with Crippen LogP contribution in [0.4, 0.5) is 5.82 Å². The zero-order valence-electron chi connectivity index (χ0n) is 6.46. The molecule has 0 aliphatic heterocycles. The highest BCUT2D eigenvalue weighted by Gasteiger charge is 2.23. The van der Waals surface area contributed by atoms with Gasteiger partial charge in [-0.15, -0.1) is 0 Å². The van der Waals surface area contributed by atoms with E-state index in [9.17, 15) is 0 Å². The number of anilines is 1. The molecule has 2 rings (SSSR count). The second-order valence-electron chi connectivity index (χ2n) is 2.87. The van der Waals surface area contributed by atoms with Crippen LogP contribution < -0.4 is 10.5 Å². The van der Waals surface area contributed by atoms with Crippen LogP contribution in [-0.4, -0.2) is 11.1 Å². The highest BCUT2D eigenvalue weighted by Crippen LogP contribution is 2.27. The quantitative estimate of drug-likeness (QED) is 0.662. The number of aromatic nitrogens is 1. The Morgan fingerprint density at radius 1 is 1.50 bits per heavy atom. The maximum atomic E-state index is 5.56. The molecule has 0 radical (unpaired) electrons. The van der Waals surface area contributed by atoms with E-state index >= 15 is 0 Å². The van der Waals surface area contributed by atoms with Gasteiger partial charge < -0.3 is 10.5 Å². The van der Waals surface area contributed by atoms with Gasteiger partial charge in [0.05, 0.1) is 6.10 Å². The molecule has 0 atom stereocenters. The molecule has 1 aromatic rings. The molecule has 64 valence electrons. The van der Waals surface area contributed by atoms with Crippen LogP contribution in [0.15, 0.2) is 12.1 Å². The van der Waals surface area contributed by atoms with Gasteiger partial charge in [0, 0.05) is 12.1 Å². The maximum absolute atomic E-state index is 5.56. The lowest BCUT2D eigenvalue weighted by Gasteiger charge is -2.04. The summed E-state index contributed by atoms with van der Waals surface area (Å²) in [5.74, 6) is 1.37. The van der Waals surface area contributed by atoms with Crippen LogP contribution >= 0.6 is 22.6 Å². The molecular formula is C8H9IN2O. The van der Waals surface area contributed by atoms with Crippen LogP contribution in [0, 0.1) is 3.70 Å². The van der Waals surface area contributed by atoms with Gasteiger partial charge in [0.1, 0.15) is 15.3 Å². The monoisotopic (exact) mass is 276 g/mol. The Labute approximate surface area is 84.5 Å². The van der Waals surface area contributed by atoms with Crippen molar-refractivity contribution in [2.75, 3.05) is 5.73 Å². The number of nitrogens with two attached hydrogens (primary N) is 1. The predicted octanol–water partition coefficient (Wildman–Crippen LogP) is 1.81. The molecule has 1 saturated carbocycles. The second-order valence-corrected chi connectivity index (χ2v) is 3.97. The van der Waals surface area contributed by atoms with Crippen molar-refractivity contribution in [3.8, 4) is 5.75 Å². The lowest BCUT2D eigenvalue weighted by Crippen LogP contribution is -1.99. The number of pyridine rings is 1. The fourth-order valence-corrected chi connectivity index (χ4v) is 1.52. The smallest absolute Gasteiger partial charge is 0.128 e. The molecule has 1 aliphatic carbocycles. The normalized spacial score (nSPS) is 16.1. The lowest BCUT2D eigenvalue weighted by atomic mass is 10.4. The molecule has 0 bridgehead atoms. The van der Waals surface area contributed by atoms with Crippen molar-refractivity contribution >= 4 is 28.4 Å². The molecule has 4 heteroatoms. The fraction of sp³-hybridized carbons (Fsp3) is 0.375. The van der Waals surface area contributed by atoms with Gasteiger partial charge in [0.2, 0.25) is 0 Å². The molecule has 0 amide bonds. The summed E-state index contributed by atoms with van der Waals surface area (Å²) in [6.45, 7) is 0. The molecule has 1 aromatic heterocycles. The van der Waals surface area contributed by atoms with Gasteiger partial charge in [-0.05, 0) is 35.4 Å². The molecule has 0 unspecified atom stereocenters. The van der Waals surface area contributed by atoms with E-state index in [4.69, 9.17) is 10.5 Å². The summed E-state index contributed by atoms with van der Waals surface area (Å²) in [5, 5.41) is 0. The van der Waals surface area contributed by atoms with Crippen molar-refractivity contribution in [1.82, 2.24) is 4.98 Å².